The minimum absolute atomic E-state index is 0.0880. The zero-order chi connectivity index (χ0) is 23.4. The van der Waals surface area contributed by atoms with E-state index in [4.69, 9.17) is 29.2 Å². The van der Waals surface area contributed by atoms with Gasteiger partial charge in [0.05, 0.1) is 25.0 Å². The predicted octanol–water partition coefficient (Wildman–Crippen LogP) is 2.59. The minimum atomic E-state index is -0.491. The van der Waals surface area contributed by atoms with Crippen molar-refractivity contribution in [1.82, 2.24) is 25.5 Å². The molecule has 2 aliphatic heterocycles. The van der Waals surface area contributed by atoms with Crippen LogP contribution in [0.5, 0.6) is 0 Å². The van der Waals surface area contributed by atoms with Gasteiger partial charge < -0.3 is 20.3 Å². The normalized spacial score (nSPS) is 18.7. The summed E-state index contributed by atoms with van der Waals surface area (Å²) in [6.07, 6.45) is 5.60. The van der Waals surface area contributed by atoms with Crippen molar-refractivity contribution < 1.29 is 13.9 Å². The Balaban J connectivity index is 1.36. The molecule has 0 saturated carbocycles. The van der Waals surface area contributed by atoms with Gasteiger partial charge in [0.1, 0.15) is 22.6 Å². The molecule has 1 amide bonds. The second-order valence-corrected chi connectivity index (χ2v) is 8.73. The highest BCUT2D eigenvalue weighted by atomic mass is 32.1. The van der Waals surface area contributed by atoms with Gasteiger partial charge in [-0.3, -0.25) is 14.9 Å². The third-order valence-corrected chi connectivity index (χ3v) is 6.71. The number of cyclic esters (lactones) is 1. The summed E-state index contributed by atoms with van der Waals surface area (Å²) in [6, 6.07) is 4.98. The lowest BCUT2D eigenvalue weighted by Crippen LogP contribution is -2.39. The fraction of sp³-hybridized carbons (Fsp3) is 0.409. The first-order valence-corrected chi connectivity index (χ1v) is 11.6. The number of hydrogen-bond acceptors (Lipinski definition) is 6. The average molecular weight is 489 g/mol. The molecule has 0 radical (unpaired) electrons. The van der Waals surface area contributed by atoms with E-state index < -0.39 is 6.09 Å². The third-order valence-electron chi connectivity index (χ3n) is 5.89. The molecule has 2 saturated heterocycles. The van der Waals surface area contributed by atoms with Crippen molar-refractivity contribution in [2.75, 3.05) is 38.1 Å². The highest BCUT2D eigenvalue weighted by Gasteiger charge is 2.33. The van der Waals surface area contributed by atoms with Crippen molar-refractivity contribution in [3.05, 3.63) is 53.9 Å². The number of nitrogens with one attached hydrogen (secondary N) is 2. The minimum Gasteiger partial charge on any atom is -0.442 e. The highest BCUT2D eigenvalue weighted by Crippen LogP contribution is 2.33. The first-order valence-electron chi connectivity index (χ1n) is 10.7. The molecular weight excluding hydrogens is 463 g/mol. The maximum atomic E-state index is 15.1. The number of ether oxygens (including phenoxy) is 1. The molecule has 0 bridgehead atoms. The number of rotatable bonds is 5. The molecule has 2 fully saturated rings. The number of thiocarbonyl (C=S) groups is 2. The van der Waals surface area contributed by atoms with E-state index in [1.807, 2.05) is 0 Å². The number of carbonyl (C=O) groups excluding carboxylic acids is 1. The molecule has 8 nitrogen and oxygen atoms in total. The van der Waals surface area contributed by atoms with Gasteiger partial charge in [0.2, 0.25) is 0 Å². The van der Waals surface area contributed by atoms with Gasteiger partial charge in [-0.15, -0.1) is 0 Å². The summed E-state index contributed by atoms with van der Waals surface area (Å²) >= 11 is 10.6. The van der Waals surface area contributed by atoms with Gasteiger partial charge in [-0.05, 0) is 48.7 Å². The monoisotopic (exact) mass is 488 g/mol. The van der Waals surface area contributed by atoms with Crippen LogP contribution >= 0.6 is 24.4 Å². The van der Waals surface area contributed by atoms with E-state index in [9.17, 15) is 4.79 Å². The van der Waals surface area contributed by atoms with Crippen molar-refractivity contribution in [1.29, 1.82) is 0 Å². The number of nitrogens with zero attached hydrogens (tertiary/aromatic N) is 4. The summed E-state index contributed by atoms with van der Waals surface area (Å²) in [6.45, 7) is 2.17. The number of halogens is 1. The van der Waals surface area contributed by atoms with Crippen molar-refractivity contribution in [2.45, 2.75) is 24.9 Å². The number of amides is 1. The number of piperidine rings is 1. The summed E-state index contributed by atoms with van der Waals surface area (Å²) in [5, 5.41) is 6.26. The number of carbonyl (C=O) groups is 1. The SMILES string of the molecule is CNC(=S)NC[C@H]1CN(c2ccc(C3CCN(C(=S)c4cnccn4)CC3)c(F)c2)C(=O)O1. The molecule has 2 N–H and O–H groups in total. The van der Waals surface area contributed by atoms with E-state index in [-0.39, 0.29) is 17.8 Å². The van der Waals surface area contributed by atoms with Crippen LogP contribution in [0, 0.1) is 5.82 Å². The van der Waals surface area contributed by atoms with Crippen molar-refractivity contribution in [3.8, 4) is 0 Å². The van der Waals surface area contributed by atoms with Gasteiger partial charge in [-0.1, -0.05) is 18.3 Å². The molecular formula is C22H25FN6O2S2. The maximum absolute atomic E-state index is 15.1. The number of aromatic nitrogens is 2. The summed E-state index contributed by atoms with van der Waals surface area (Å²) in [5.74, 6) is -0.224. The Hall–Kier alpha value is -2.92. The Bertz CT molecular complexity index is 1030. The lowest BCUT2D eigenvalue weighted by molar-refractivity contribution is 0.143. The first-order chi connectivity index (χ1) is 16.0. The molecule has 11 heteroatoms. The van der Waals surface area contributed by atoms with Crippen LogP contribution in [0.3, 0.4) is 0 Å². The van der Waals surface area contributed by atoms with E-state index in [2.05, 4.69) is 25.5 Å². The lowest BCUT2D eigenvalue weighted by atomic mass is 9.89. The fourth-order valence-corrected chi connectivity index (χ4v) is 4.49. The first kappa shape index (κ1) is 23.2. The molecule has 0 unspecified atom stereocenters. The Morgan fingerprint density at radius 2 is 2.06 bits per heavy atom. The summed E-state index contributed by atoms with van der Waals surface area (Å²) in [7, 11) is 1.71. The van der Waals surface area contributed by atoms with Gasteiger partial charge in [-0.25, -0.2) is 9.18 Å². The van der Waals surface area contributed by atoms with Gasteiger partial charge in [0.25, 0.3) is 0 Å². The van der Waals surface area contributed by atoms with Crippen molar-refractivity contribution in [3.63, 3.8) is 0 Å². The molecule has 1 aromatic heterocycles. The number of anilines is 1. The van der Waals surface area contributed by atoms with Crippen LogP contribution in [-0.4, -0.2) is 70.4 Å². The summed E-state index contributed by atoms with van der Waals surface area (Å²) in [5.41, 5.74) is 1.83. The van der Waals surface area contributed by atoms with Crippen LogP contribution in [0.1, 0.15) is 30.0 Å². The van der Waals surface area contributed by atoms with Crippen LogP contribution in [0.15, 0.2) is 36.8 Å². The highest BCUT2D eigenvalue weighted by molar-refractivity contribution is 7.80. The molecule has 1 atom stereocenters. The van der Waals surface area contributed by atoms with E-state index in [0.29, 0.717) is 40.1 Å². The Labute approximate surface area is 202 Å². The molecule has 174 valence electrons. The fourth-order valence-electron chi connectivity index (χ4n) is 4.11. The Morgan fingerprint density at radius 3 is 2.73 bits per heavy atom. The zero-order valence-electron chi connectivity index (χ0n) is 18.2. The largest absolute Gasteiger partial charge is 0.442 e. The molecule has 4 rings (SSSR count). The molecule has 2 aliphatic rings. The average Bonchev–Trinajstić information content (AvgIpc) is 3.23. The second-order valence-electron chi connectivity index (χ2n) is 7.94. The van der Waals surface area contributed by atoms with Crippen LogP contribution in [0.4, 0.5) is 14.9 Å². The van der Waals surface area contributed by atoms with Gasteiger partial charge in [-0.2, -0.15) is 0 Å². The van der Waals surface area contributed by atoms with E-state index in [1.54, 1.807) is 37.8 Å². The Morgan fingerprint density at radius 1 is 1.27 bits per heavy atom. The topological polar surface area (TPSA) is 82.6 Å². The maximum Gasteiger partial charge on any atom is 0.414 e. The van der Waals surface area contributed by atoms with Crippen LogP contribution in [0.2, 0.25) is 0 Å². The van der Waals surface area contributed by atoms with Crippen LogP contribution in [-0.2, 0) is 4.74 Å². The number of benzene rings is 1. The smallest absolute Gasteiger partial charge is 0.414 e. The van der Waals surface area contributed by atoms with Gasteiger partial charge in [0.15, 0.2) is 5.11 Å². The second kappa shape index (κ2) is 10.3. The molecule has 3 heterocycles. The van der Waals surface area contributed by atoms with Crippen LogP contribution in [0.25, 0.3) is 0 Å². The summed E-state index contributed by atoms with van der Waals surface area (Å²) in [4.78, 5) is 24.8. The third kappa shape index (κ3) is 5.36. The number of hydrogen-bond donors (Lipinski definition) is 2. The van der Waals surface area contributed by atoms with Gasteiger partial charge >= 0.3 is 6.09 Å². The van der Waals surface area contributed by atoms with Gasteiger partial charge in [0, 0.05) is 32.5 Å². The van der Waals surface area contributed by atoms with Crippen molar-refractivity contribution >= 4 is 46.3 Å². The van der Waals surface area contributed by atoms with Crippen LogP contribution < -0.4 is 15.5 Å². The summed E-state index contributed by atoms with van der Waals surface area (Å²) < 4.78 is 20.4. The predicted molar refractivity (Wildman–Crippen MR) is 131 cm³/mol. The number of likely N-dealkylation sites (tertiary alicyclic amines) is 1. The van der Waals surface area contributed by atoms with E-state index in [0.717, 1.165) is 25.9 Å². The van der Waals surface area contributed by atoms with Crippen molar-refractivity contribution in [2.24, 2.45) is 0 Å². The standard InChI is InChI=1S/C22H25FN6O2S2/c1-24-21(33)27-11-16-13-29(22(30)31-16)15-2-3-17(18(23)10-15)14-4-8-28(9-5-14)20(32)19-12-25-6-7-26-19/h2-3,6-7,10,12,14,16H,4-5,8-9,11,13H2,1H3,(H2,24,27,33)/t16-/m0/s1. The molecule has 0 aliphatic carbocycles. The van der Waals surface area contributed by atoms with E-state index in [1.165, 1.54) is 11.0 Å². The molecule has 2 aromatic rings. The molecule has 0 spiro atoms. The van der Waals surface area contributed by atoms with E-state index >= 15 is 4.39 Å². The molecule has 33 heavy (non-hydrogen) atoms. The molecule has 1 aromatic carbocycles. The zero-order valence-corrected chi connectivity index (χ0v) is 19.8. The Kier molecular flexibility index (Phi) is 7.29. The quantitative estimate of drug-likeness (QED) is 0.617. The lowest BCUT2D eigenvalue weighted by Gasteiger charge is -2.33.